The van der Waals surface area contributed by atoms with Crippen LogP contribution in [0.15, 0.2) is 43.0 Å². The third kappa shape index (κ3) is 2.98. The molecule has 0 radical (unpaired) electrons. The summed E-state index contributed by atoms with van der Waals surface area (Å²) in [5, 5.41) is 0. The average molecular weight is 201 g/mol. The minimum absolute atomic E-state index is 0.315. The molecular formula is C14H19N. The molecule has 1 rings (SSSR count). The fourth-order valence-electron chi connectivity index (χ4n) is 1.53. The third-order valence-corrected chi connectivity index (χ3v) is 2.58. The lowest BCUT2D eigenvalue weighted by Gasteiger charge is -2.11. The Morgan fingerprint density at radius 1 is 1.47 bits per heavy atom. The van der Waals surface area contributed by atoms with Gasteiger partial charge < -0.3 is 5.73 Å². The standard InChI is InChI=1S/C14H19N/c1-4-6-7-12-8-9-14(15)13(10-12)11(3)5-2/h4-6,8-11H,2,7,15H2,1,3H3. The van der Waals surface area contributed by atoms with E-state index in [1.54, 1.807) is 0 Å². The van der Waals surface area contributed by atoms with Gasteiger partial charge in [-0.3, -0.25) is 0 Å². The summed E-state index contributed by atoms with van der Waals surface area (Å²) < 4.78 is 0. The molecule has 0 saturated carbocycles. The van der Waals surface area contributed by atoms with E-state index in [2.05, 4.69) is 37.8 Å². The fraction of sp³-hybridized carbons (Fsp3) is 0.286. The predicted octanol–water partition coefficient (Wildman–Crippen LogP) is 3.68. The fourth-order valence-corrected chi connectivity index (χ4v) is 1.53. The first kappa shape index (κ1) is 11.6. The van der Waals surface area contributed by atoms with Gasteiger partial charge in [0.15, 0.2) is 0 Å². The molecule has 0 amide bonds. The molecule has 0 bridgehead atoms. The highest BCUT2D eigenvalue weighted by molar-refractivity contribution is 5.51. The second-order valence-corrected chi connectivity index (χ2v) is 3.76. The minimum atomic E-state index is 0.315. The van der Waals surface area contributed by atoms with Crippen molar-refractivity contribution in [1.29, 1.82) is 0 Å². The van der Waals surface area contributed by atoms with Gasteiger partial charge in [-0.2, -0.15) is 0 Å². The monoisotopic (exact) mass is 201 g/mol. The zero-order valence-corrected chi connectivity index (χ0v) is 9.53. The molecule has 1 atom stereocenters. The molecule has 0 aromatic heterocycles. The maximum atomic E-state index is 5.93. The van der Waals surface area contributed by atoms with Crippen molar-refractivity contribution in [3.05, 3.63) is 54.1 Å². The summed E-state index contributed by atoms with van der Waals surface area (Å²) in [7, 11) is 0. The molecule has 1 aromatic rings. The Kier molecular flexibility index (Phi) is 4.17. The van der Waals surface area contributed by atoms with Crippen LogP contribution in [0.25, 0.3) is 0 Å². The van der Waals surface area contributed by atoms with Crippen molar-refractivity contribution < 1.29 is 0 Å². The summed E-state index contributed by atoms with van der Waals surface area (Å²) in [5.74, 6) is 0.315. The van der Waals surface area contributed by atoms with E-state index < -0.39 is 0 Å². The zero-order valence-electron chi connectivity index (χ0n) is 9.53. The average Bonchev–Trinajstić information content (AvgIpc) is 2.27. The molecule has 1 aromatic carbocycles. The van der Waals surface area contributed by atoms with Crippen molar-refractivity contribution in [3.8, 4) is 0 Å². The first-order valence-corrected chi connectivity index (χ1v) is 5.31. The van der Waals surface area contributed by atoms with Gasteiger partial charge >= 0.3 is 0 Å². The molecule has 15 heavy (non-hydrogen) atoms. The quantitative estimate of drug-likeness (QED) is 0.583. The van der Waals surface area contributed by atoms with Gasteiger partial charge in [-0.05, 0) is 30.5 Å². The molecule has 0 aliphatic rings. The second kappa shape index (κ2) is 5.40. The first-order valence-electron chi connectivity index (χ1n) is 5.31. The van der Waals surface area contributed by atoms with Crippen LogP contribution in [0, 0.1) is 0 Å². The van der Waals surface area contributed by atoms with Crippen LogP contribution in [0.3, 0.4) is 0 Å². The topological polar surface area (TPSA) is 26.0 Å². The summed E-state index contributed by atoms with van der Waals surface area (Å²) in [5.41, 5.74) is 9.25. The van der Waals surface area contributed by atoms with Crippen LogP contribution in [-0.4, -0.2) is 0 Å². The molecule has 0 heterocycles. The first-order chi connectivity index (χ1) is 7.19. The SMILES string of the molecule is C=CC(C)c1cc(CC=CC)ccc1N. The number of nitrogens with two attached hydrogens (primary N) is 1. The van der Waals surface area contributed by atoms with E-state index in [1.807, 2.05) is 19.1 Å². The number of nitrogen functional groups attached to an aromatic ring is 1. The van der Waals surface area contributed by atoms with Crippen LogP contribution < -0.4 is 5.73 Å². The van der Waals surface area contributed by atoms with Crippen molar-refractivity contribution in [2.45, 2.75) is 26.2 Å². The van der Waals surface area contributed by atoms with Crippen LogP contribution >= 0.6 is 0 Å². The highest BCUT2D eigenvalue weighted by atomic mass is 14.6. The van der Waals surface area contributed by atoms with Crippen LogP contribution in [-0.2, 0) is 6.42 Å². The van der Waals surface area contributed by atoms with Crippen molar-refractivity contribution in [2.24, 2.45) is 0 Å². The highest BCUT2D eigenvalue weighted by Gasteiger charge is 2.05. The van der Waals surface area contributed by atoms with Gasteiger partial charge in [-0.1, -0.05) is 37.3 Å². The molecule has 1 nitrogen and oxygen atoms in total. The Labute approximate surface area is 92.3 Å². The molecular weight excluding hydrogens is 182 g/mol. The summed E-state index contributed by atoms with van der Waals surface area (Å²) in [4.78, 5) is 0. The molecule has 0 fully saturated rings. The van der Waals surface area contributed by atoms with E-state index in [0.29, 0.717) is 5.92 Å². The Morgan fingerprint density at radius 2 is 2.20 bits per heavy atom. The van der Waals surface area contributed by atoms with E-state index in [1.165, 1.54) is 11.1 Å². The Hall–Kier alpha value is -1.50. The van der Waals surface area contributed by atoms with Gasteiger partial charge in [-0.25, -0.2) is 0 Å². The van der Waals surface area contributed by atoms with Gasteiger partial charge in [0, 0.05) is 11.6 Å². The normalized spacial score (nSPS) is 12.9. The van der Waals surface area contributed by atoms with Crippen molar-refractivity contribution in [3.63, 3.8) is 0 Å². The molecule has 1 unspecified atom stereocenters. The number of hydrogen-bond donors (Lipinski definition) is 1. The molecule has 0 aliphatic carbocycles. The van der Waals surface area contributed by atoms with Crippen molar-refractivity contribution >= 4 is 5.69 Å². The Bertz CT molecular complexity index is 364. The third-order valence-electron chi connectivity index (χ3n) is 2.58. The zero-order chi connectivity index (χ0) is 11.3. The maximum absolute atomic E-state index is 5.93. The second-order valence-electron chi connectivity index (χ2n) is 3.76. The highest BCUT2D eigenvalue weighted by Crippen LogP contribution is 2.24. The molecule has 0 saturated heterocycles. The summed E-state index contributed by atoms with van der Waals surface area (Å²) in [6, 6.07) is 6.23. The van der Waals surface area contributed by atoms with Gasteiger partial charge in [0.1, 0.15) is 0 Å². The summed E-state index contributed by atoms with van der Waals surface area (Å²) in [6.07, 6.45) is 7.10. The van der Waals surface area contributed by atoms with E-state index in [4.69, 9.17) is 5.73 Å². The van der Waals surface area contributed by atoms with E-state index in [0.717, 1.165) is 12.1 Å². The van der Waals surface area contributed by atoms with Crippen LogP contribution in [0.5, 0.6) is 0 Å². The number of hydrogen-bond acceptors (Lipinski definition) is 1. The summed E-state index contributed by atoms with van der Waals surface area (Å²) in [6.45, 7) is 7.94. The number of benzene rings is 1. The van der Waals surface area contributed by atoms with Crippen molar-refractivity contribution in [2.75, 3.05) is 5.73 Å². The molecule has 0 spiro atoms. The van der Waals surface area contributed by atoms with E-state index >= 15 is 0 Å². The number of anilines is 1. The van der Waals surface area contributed by atoms with Gasteiger partial charge in [0.2, 0.25) is 0 Å². The van der Waals surface area contributed by atoms with Gasteiger partial charge in [-0.15, -0.1) is 6.58 Å². The molecule has 0 aliphatic heterocycles. The lowest BCUT2D eigenvalue weighted by atomic mass is 9.96. The van der Waals surface area contributed by atoms with Gasteiger partial charge in [0.25, 0.3) is 0 Å². The minimum Gasteiger partial charge on any atom is -0.398 e. The lowest BCUT2D eigenvalue weighted by Crippen LogP contribution is -1.98. The molecule has 1 heteroatoms. The van der Waals surface area contributed by atoms with Crippen LogP contribution in [0.4, 0.5) is 5.69 Å². The largest absolute Gasteiger partial charge is 0.398 e. The number of rotatable bonds is 4. The molecule has 80 valence electrons. The summed E-state index contributed by atoms with van der Waals surface area (Å²) >= 11 is 0. The Balaban J connectivity index is 2.99. The molecule has 2 N–H and O–H groups in total. The smallest absolute Gasteiger partial charge is 0.0352 e. The Morgan fingerprint density at radius 3 is 2.80 bits per heavy atom. The lowest BCUT2D eigenvalue weighted by molar-refractivity contribution is 0.969. The number of allylic oxidation sites excluding steroid dienone is 3. The predicted molar refractivity (Wildman–Crippen MR) is 68.0 cm³/mol. The van der Waals surface area contributed by atoms with E-state index in [-0.39, 0.29) is 0 Å². The van der Waals surface area contributed by atoms with Crippen LogP contribution in [0.2, 0.25) is 0 Å². The van der Waals surface area contributed by atoms with Crippen LogP contribution in [0.1, 0.15) is 30.9 Å². The van der Waals surface area contributed by atoms with Crippen molar-refractivity contribution in [1.82, 2.24) is 0 Å². The maximum Gasteiger partial charge on any atom is 0.0352 e. The van der Waals surface area contributed by atoms with E-state index in [9.17, 15) is 0 Å². The van der Waals surface area contributed by atoms with Gasteiger partial charge in [0.05, 0.1) is 0 Å².